The van der Waals surface area contributed by atoms with E-state index in [2.05, 4.69) is 63.2 Å². The van der Waals surface area contributed by atoms with E-state index in [1.807, 2.05) is 6.07 Å². The molecule has 0 saturated heterocycles. The summed E-state index contributed by atoms with van der Waals surface area (Å²) in [4.78, 5) is 4.66. The smallest absolute Gasteiger partial charge is 0.0705 e. The highest BCUT2D eigenvalue weighted by Crippen LogP contribution is 2.11. The van der Waals surface area contributed by atoms with Gasteiger partial charge >= 0.3 is 0 Å². The van der Waals surface area contributed by atoms with E-state index in [4.69, 9.17) is 0 Å². The third-order valence-corrected chi connectivity index (χ3v) is 3.96. The van der Waals surface area contributed by atoms with E-state index in [9.17, 15) is 0 Å². The molecule has 1 N–H and O–H groups in total. The molecule has 2 rings (SSSR count). The molecule has 0 amide bonds. The summed E-state index contributed by atoms with van der Waals surface area (Å²) in [5.74, 6) is 0. The number of nitrogens with zero attached hydrogens (tertiary/aromatic N) is 1. The van der Waals surface area contributed by atoms with E-state index in [-0.39, 0.29) is 0 Å². The molecular formula is C16H21IN2. The van der Waals surface area contributed by atoms with Crippen LogP contribution in [0.15, 0.2) is 36.4 Å². The van der Waals surface area contributed by atoms with E-state index >= 15 is 0 Å². The molecule has 1 aromatic heterocycles. The Balaban J connectivity index is 1.72. The molecule has 3 heteroatoms. The largest absolute Gasteiger partial charge is 0.311 e. The number of unbranched alkanes of at least 4 members (excludes halogenated alkanes) is 3. The maximum atomic E-state index is 4.66. The second-order valence-electron chi connectivity index (χ2n) is 4.78. The number of hydrogen-bond donors (Lipinski definition) is 1. The maximum absolute atomic E-state index is 4.66. The number of benzene rings is 1. The Morgan fingerprint density at radius 2 is 1.79 bits per heavy atom. The molecule has 0 unspecified atom stereocenters. The molecule has 0 bridgehead atoms. The van der Waals surface area contributed by atoms with Crippen LogP contribution in [0.25, 0.3) is 10.9 Å². The van der Waals surface area contributed by atoms with Gasteiger partial charge in [-0.05, 0) is 35.9 Å². The van der Waals surface area contributed by atoms with Gasteiger partial charge in [0.05, 0.1) is 11.2 Å². The maximum Gasteiger partial charge on any atom is 0.0705 e. The number of halogens is 1. The molecule has 0 aliphatic rings. The lowest BCUT2D eigenvalue weighted by Gasteiger charge is -2.05. The first-order chi connectivity index (χ1) is 9.40. The van der Waals surface area contributed by atoms with Crippen LogP contribution in [0.1, 0.15) is 31.4 Å². The highest BCUT2D eigenvalue weighted by Gasteiger charge is 1.97. The van der Waals surface area contributed by atoms with Crippen LogP contribution >= 0.6 is 22.6 Å². The van der Waals surface area contributed by atoms with Crippen LogP contribution in [0.3, 0.4) is 0 Å². The van der Waals surface area contributed by atoms with Crippen LogP contribution in [0.2, 0.25) is 0 Å². The van der Waals surface area contributed by atoms with Gasteiger partial charge in [0.25, 0.3) is 0 Å². The summed E-state index contributed by atoms with van der Waals surface area (Å²) in [5, 5.41) is 4.69. The average molecular weight is 368 g/mol. The second kappa shape index (κ2) is 8.48. The van der Waals surface area contributed by atoms with E-state index in [1.165, 1.54) is 35.5 Å². The SMILES string of the molecule is ICCCCCCNCc1ccc2ccccc2n1. The number of pyridine rings is 1. The van der Waals surface area contributed by atoms with Crippen molar-refractivity contribution < 1.29 is 0 Å². The van der Waals surface area contributed by atoms with Crippen molar-refractivity contribution in [2.24, 2.45) is 0 Å². The Kier molecular flexibility index (Phi) is 6.57. The number of fused-ring (bicyclic) bond motifs is 1. The fourth-order valence-electron chi connectivity index (χ4n) is 2.12. The monoisotopic (exact) mass is 368 g/mol. The summed E-state index contributed by atoms with van der Waals surface area (Å²) in [6.07, 6.45) is 5.32. The summed E-state index contributed by atoms with van der Waals surface area (Å²) in [7, 11) is 0. The van der Waals surface area contributed by atoms with Crippen molar-refractivity contribution in [2.75, 3.05) is 11.0 Å². The number of nitrogens with one attached hydrogen (secondary N) is 1. The third-order valence-electron chi connectivity index (χ3n) is 3.20. The highest BCUT2D eigenvalue weighted by molar-refractivity contribution is 14.1. The molecule has 2 nitrogen and oxygen atoms in total. The van der Waals surface area contributed by atoms with E-state index in [0.717, 1.165) is 24.3 Å². The summed E-state index contributed by atoms with van der Waals surface area (Å²) in [5.41, 5.74) is 2.22. The molecule has 19 heavy (non-hydrogen) atoms. The normalized spacial score (nSPS) is 11.0. The zero-order valence-corrected chi connectivity index (χ0v) is 13.4. The molecule has 0 aliphatic carbocycles. The average Bonchev–Trinajstić information content (AvgIpc) is 2.46. The molecule has 0 saturated carbocycles. The zero-order valence-electron chi connectivity index (χ0n) is 11.2. The predicted octanol–water partition coefficient (Wildman–Crippen LogP) is 4.32. The van der Waals surface area contributed by atoms with E-state index < -0.39 is 0 Å². The number of alkyl halides is 1. The minimum Gasteiger partial charge on any atom is -0.311 e. The zero-order chi connectivity index (χ0) is 13.3. The lowest BCUT2D eigenvalue weighted by molar-refractivity contribution is 0.596. The van der Waals surface area contributed by atoms with Crippen molar-refractivity contribution >= 4 is 33.5 Å². The Morgan fingerprint density at radius 3 is 2.68 bits per heavy atom. The Hall–Kier alpha value is -0.680. The molecule has 0 radical (unpaired) electrons. The minimum atomic E-state index is 0.872. The Labute approximate surface area is 129 Å². The van der Waals surface area contributed by atoms with Gasteiger partial charge in [0, 0.05) is 11.9 Å². The summed E-state index contributed by atoms with van der Waals surface area (Å²) >= 11 is 2.45. The van der Waals surface area contributed by atoms with Gasteiger partial charge in [0.1, 0.15) is 0 Å². The predicted molar refractivity (Wildman–Crippen MR) is 90.8 cm³/mol. The van der Waals surface area contributed by atoms with Crippen molar-refractivity contribution in [1.82, 2.24) is 10.3 Å². The Bertz CT molecular complexity index is 499. The molecule has 0 fully saturated rings. The van der Waals surface area contributed by atoms with Crippen molar-refractivity contribution in [1.29, 1.82) is 0 Å². The lowest BCUT2D eigenvalue weighted by Crippen LogP contribution is -2.15. The van der Waals surface area contributed by atoms with Gasteiger partial charge in [-0.15, -0.1) is 0 Å². The van der Waals surface area contributed by atoms with Gasteiger partial charge in [-0.3, -0.25) is 4.98 Å². The van der Waals surface area contributed by atoms with Crippen LogP contribution in [-0.4, -0.2) is 16.0 Å². The number of aromatic nitrogens is 1. The first-order valence-corrected chi connectivity index (χ1v) is 8.54. The van der Waals surface area contributed by atoms with Gasteiger partial charge in [0.2, 0.25) is 0 Å². The second-order valence-corrected chi connectivity index (χ2v) is 5.85. The molecule has 0 spiro atoms. The lowest BCUT2D eigenvalue weighted by atomic mass is 10.2. The van der Waals surface area contributed by atoms with Gasteiger partial charge in [-0.1, -0.05) is 59.7 Å². The first kappa shape index (κ1) is 14.7. The van der Waals surface area contributed by atoms with Crippen LogP contribution in [-0.2, 0) is 6.54 Å². The van der Waals surface area contributed by atoms with Crippen LogP contribution < -0.4 is 5.32 Å². The molecule has 0 aliphatic heterocycles. The third kappa shape index (κ3) is 5.07. The Morgan fingerprint density at radius 1 is 0.947 bits per heavy atom. The van der Waals surface area contributed by atoms with Crippen LogP contribution in [0.5, 0.6) is 0 Å². The quantitative estimate of drug-likeness (QED) is 0.427. The van der Waals surface area contributed by atoms with Crippen molar-refractivity contribution in [3.63, 3.8) is 0 Å². The molecule has 0 atom stereocenters. The van der Waals surface area contributed by atoms with Crippen molar-refractivity contribution in [2.45, 2.75) is 32.2 Å². The fraction of sp³-hybridized carbons (Fsp3) is 0.438. The van der Waals surface area contributed by atoms with Crippen LogP contribution in [0.4, 0.5) is 0 Å². The molecular weight excluding hydrogens is 347 g/mol. The first-order valence-electron chi connectivity index (χ1n) is 7.01. The summed E-state index contributed by atoms with van der Waals surface area (Å²) < 4.78 is 1.28. The molecule has 1 aromatic carbocycles. The van der Waals surface area contributed by atoms with Crippen molar-refractivity contribution in [3.05, 3.63) is 42.1 Å². The van der Waals surface area contributed by atoms with Crippen molar-refractivity contribution in [3.8, 4) is 0 Å². The highest BCUT2D eigenvalue weighted by atomic mass is 127. The summed E-state index contributed by atoms with van der Waals surface area (Å²) in [6.45, 7) is 1.97. The van der Waals surface area contributed by atoms with Gasteiger partial charge in [-0.2, -0.15) is 0 Å². The standard InChI is InChI=1S/C16H21IN2/c17-11-5-1-2-6-12-18-13-15-10-9-14-7-3-4-8-16(14)19-15/h3-4,7-10,18H,1-2,5-6,11-13H2. The summed E-state index contributed by atoms with van der Waals surface area (Å²) in [6, 6.07) is 12.5. The minimum absolute atomic E-state index is 0.872. The van der Waals surface area contributed by atoms with Gasteiger partial charge in [0.15, 0.2) is 0 Å². The van der Waals surface area contributed by atoms with E-state index in [1.54, 1.807) is 0 Å². The number of hydrogen-bond acceptors (Lipinski definition) is 2. The topological polar surface area (TPSA) is 24.9 Å². The number of rotatable bonds is 8. The number of para-hydroxylation sites is 1. The van der Waals surface area contributed by atoms with Gasteiger partial charge in [-0.25, -0.2) is 0 Å². The van der Waals surface area contributed by atoms with Gasteiger partial charge < -0.3 is 5.32 Å². The van der Waals surface area contributed by atoms with Crippen LogP contribution in [0, 0.1) is 0 Å². The molecule has 2 aromatic rings. The molecule has 1 heterocycles. The fourth-order valence-corrected chi connectivity index (χ4v) is 2.66. The molecule has 102 valence electrons. The van der Waals surface area contributed by atoms with E-state index in [0.29, 0.717) is 0 Å².